The smallest absolute Gasteiger partial charge is 0.416 e. The number of aromatic nitrogens is 3. The molecule has 2 aromatic carbocycles. The number of aryl methyl sites for hydroxylation is 1. The lowest BCUT2D eigenvalue weighted by atomic mass is 10.00. The van der Waals surface area contributed by atoms with Gasteiger partial charge in [0.1, 0.15) is 5.75 Å². The maximum absolute atomic E-state index is 13.6. The van der Waals surface area contributed by atoms with E-state index in [-0.39, 0.29) is 38.6 Å². The number of alkyl halides is 3. The van der Waals surface area contributed by atoms with E-state index in [1.165, 1.54) is 43.2 Å². The second kappa shape index (κ2) is 10.8. The summed E-state index contributed by atoms with van der Waals surface area (Å²) in [6.45, 7) is 5.54. The number of hydrogen-bond acceptors (Lipinski definition) is 6. The van der Waals surface area contributed by atoms with E-state index in [9.17, 15) is 23.1 Å². The summed E-state index contributed by atoms with van der Waals surface area (Å²) >= 11 is 15.0. The number of nitrogens with zero attached hydrogens (tertiary/aromatic N) is 3. The van der Waals surface area contributed by atoms with Crippen molar-refractivity contribution in [1.82, 2.24) is 14.8 Å². The number of halogens is 5. The van der Waals surface area contributed by atoms with Crippen molar-refractivity contribution < 1.29 is 27.8 Å². The van der Waals surface area contributed by atoms with Crippen LogP contribution in [0.2, 0.25) is 10.0 Å². The summed E-state index contributed by atoms with van der Waals surface area (Å²) in [6.07, 6.45) is -4.66. The molecule has 0 bridgehead atoms. The number of methoxy groups -OCH3 is 1. The third kappa shape index (κ3) is 5.66. The van der Waals surface area contributed by atoms with E-state index in [1.807, 2.05) is 13.8 Å². The Morgan fingerprint density at radius 3 is 2.42 bits per heavy atom. The first-order valence-electron chi connectivity index (χ1n) is 11.0. The number of carboxylic acids is 1. The molecule has 38 heavy (non-hydrogen) atoms. The van der Waals surface area contributed by atoms with Gasteiger partial charge < -0.3 is 9.84 Å². The molecule has 0 unspecified atom stereocenters. The first-order chi connectivity index (χ1) is 17.8. The molecule has 2 heterocycles. The molecule has 0 aliphatic rings. The number of thiazole rings is 1. The zero-order valence-electron chi connectivity index (χ0n) is 20.4. The highest BCUT2D eigenvalue weighted by molar-refractivity contribution is 8.01. The molecule has 0 aliphatic carbocycles. The number of carbonyl (C=O) groups is 1. The molecule has 0 spiro atoms. The van der Waals surface area contributed by atoms with Crippen molar-refractivity contribution in [3.8, 4) is 33.3 Å². The van der Waals surface area contributed by atoms with Gasteiger partial charge in [-0.05, 0) is 42.8 Å². The van der Waals surface area contributed by atoms with Gasteiger partial charge in [0.05, 0.1) is 38.3 Å². The number of carboxylic acid groups (broad SMARTS) is 1. The third-order valence-corrected chi connectivity index (χ3v) is 8.31. The number of benzene rings is 2. The van der Waals surface area contributed by atoms with Crippen molar-refractivity contribution in [1.29, 1.82) is 0 Å². The zero-order valence-corrected chi connectivity index (χ0v) is 23.5. The molecule has 4 rings (SSSR count). The number of ether oxygens (including phenoxy) is 1. The lowest BCUT2D eigenvalue weighted by molar-refractivity contribution is -0.137. The van der Waals surface area contributed by atoms with Gasteiger partial charge in [-0.15, -0.1) is 11.8 Å². The summed E-state index contributed by atoms with van der Waals surface area (Å²) in [5.74, 6) is -1.44. The third-order valence-electron chi connectivity index (χ3n) is 5.32. The molecule has 0 aliphatic heterocycles. The van der Waals surface area contributed by atoms with Crippen molar-refractivity contribution >= 4 is 52.3 Å². The van der Waals surface area contributed by atoms with Gasteiger partial charge in [-0.25, -0.2) is 9.78 Å². The summed E-state index contributed by atoms with van der Waals surface area (Å²) < 4.78 is 47.7. The SMILES string of the molecule is COc1cc(-c2c(C)nn(-c3nc(-c4ccc(Cl)c(Cl)c4)c(SC(C)C)s3)c2C(=O)O)cc(C(F)(F)F)c1. The van der Waals surface area contributed by atoms with Crippen LogP contribution in [0.15, 0.2) is 40.6 Å². The standard InChI is InChI=1S/C25H20Cl2F3N3O3S2/c1-11(2)37-23-20(13-5-6-17(26)18(27)9-13)31-24(38-23)33-21(22(34)35)19(12(3)32-33)14-7-15(25(28,29)30)10-16(8-14)36-4/h5-11H,1-4H3,(H,34,35). The summed E-state index contributed by atoms with van der Waals surface area (Å²) in [4.78, 5) is 17.2. The minimum absolute atomic E-state index is 0.0101. The molecule has 0 radical (unpaired) electrons. The predicted octanol–water partition coefficient (Wildman–Crippen LogP) is 8.50. The Hall–Kier alpha value is -2.73. The van der Waals surface area contributed by atoms with E-state index in [2.05, 4.69) is 10.1 Å². The highest BCUT2D eigenvalue weighted by Crippen LogP contribution is 2.43. The summed E-state index contributed by atoms with van der Waals surface area (Å²) in [5, 5.41) is 15.7. The van der Waals surface area contributed by atoms with Crippen LogP contribution in [-0.4, -0.2) is 38.2 Å². The summed E-state index contributed by atoms with van der Waals surface area (Å²) in [5.41, 5.74) is 0.208. The van der Waals surface area contributed by atoms with Crippen LogP contribution in [0, 0.1) is 6.92 Å². The zero-order chi connectivity index (χ0) is 27.9. The molecule has 2 aromatic heterocycles. The Morgan fingerprint density at radius 2 is 1.84 bits per heavy atom. The molecule has 0 amide bonds. The molecule has 0 saturated carbocycles. The fourth-order valence-corrected chi connectivity index (χ4v) is 6.52. The van der Waals surface area contributed by atoms with E-state index < -0.39 is 17.7 Å². The molecule has 0 atom stereocenters. The second-order valence-electron chi connectivity index (χ2n) is 8.40. The average molecular weight is 602 g/mol. The van der Waals surface area contributed by atoms with Crippen molar-refractivity contribution in [2.45, 2.75) is 36.4 Å². The van der Waals surface area contributed by atoms with Gasteiger partial charge in [0.15, 0.2) is 5.69 Å². The first kappa shape index (κ1) is 28.3. The Kier molecular flexibility index (Phi) is 8.04. The first-order valence-corrected chi connectivity index (χ1v) is 13.5. The van der Waals surface area contributed by atoms with E-state index in [0.717, 1.165) is 21.0 Å². The molecule has 200 valence electrons. The van der Waals surface area contributed by atoms with Crippen LogP contribution in [0.1, 0.15) is 35.6 Å². The predicted molar refractivity (Wildman–Crippen MR) is 144 cm³/mol. The number of aromatic carboxylic acids is 1. The lowest BCUT2D eigenvalue weighted by Gasteiger charge is -2.12. The highest BCUT2D eigenvalue weighted by Gasteiger charge is 2.33. The maximum atomic E-state index is 13.6. The van der Waals surface area contributed by atoms with Crippen molar-refractivity contribution in [2.24, 2.45) is 0 Å². The number of thioether (sulfide) groups is 1. The van der Waals surface area contributed by atoms with Crippen LogP contribution in [0.5, 0.6) is 5.75 Å². The van der Waals surface area contributed by atoms with Gasteiger partial charge in [0.25, 0.3) is 0 Å². The van der Waals surface area contributed by atoms with Gasteiger partial charge in [-0.3, -0.25) is 0 Å². The Labute approximate surface area is 234 Å². The molecule has 0 saturated heterocycles. The van der Waals surface area contributed by atoms with Crippen LogP contribution in [0.25, 0.3) is 27.5 Å². The van der Waals surface area contributed by atoms with Crippen LogP contribution in [-0.2, 0) is 6.18 Å². The molecule has 13 heteroatoms. The van der Waals surface area contributed by atoms with Gasteiger partial charge in [0.2, 0.25) is 5.13 Å². The molecule has 1 N–H and O–H groups in total. The minimum Gasteiger partial charge on any atom is -0.497 e. The monoisotopic (exact) mass is 601 g/mol. The van der Waals surface area contributed by atoms with Gasteiger partial charge in [-0.1, -0.05) is 54.5 Å². The lowest BCUT2D eigenvalue weighted by Crippen LogP contribution is -2.09. The normalized spacial score (nSPS) is 11.8. The minimum atomic E-state index is -4.66. The fourth-order valence-electron chi connectivity index (χ4n) is 3.74. The maximum Gasteiger partial charge on any atom is 0.416 e. The number of rotatable bonds is 7. The largest absolute Gasteiger partial charge is 0.497 e. The van der Waals surface area contributed by atoms with Crippen molar-refractivity contribution in [2.75, 3.05) is 7.11 Å². The highest BCUT2D eigenvalue weighted by atomic mass is 35.5. The topological polar surface area (TPSA) is 77.2 Å². The van der Waals surface area contributed by atoms with Crippen LogP contribution in [0.4, 0.5) is 13.2 Å². The molecule has 6 nitrogen and oxygen atoms in total. The van der Waals surface area contributed by atoms with Crippen LogP contribution >= 0.6 is 46.3 Å². The van der Waals surface area contributed by atoms with Crippen molar-refractivity contribution in [3.05, 3.63) is 63.4 Å². The van der Waals surface area contributed by atoms with E-state index in [1.54, 1.807) is 18.2 Å². The Balaban J connectivity index is 1.95. The van der Waals surface area contributed by atoms with Crippen LogP contribution in [0.3, 0.4) is 0 Å². The quantitative estimate of drug-likeness (QED) is 0.214. The Morgan fingerprint density at radius 1 is 1.13 bits per heavy atom. The van der Waals surface area contributed by atoms with Gasteiger partial charge in [-0.2, -0.15) is 23.0 Å². The molecular formula is C25H20Cl2F3N3O3S2. The van der Waals surface area contributed by atoms with E-state index in [0.29, 0.717) is 21.3 Å². The van der Waals surface area contributed by atoms with Crippen molar-refractivity contribution in [3.63, 3.8) is 0 Å². The van der Waals surface area contributed by atoms with Gasteiger partial charge >= 0.3 is 12.1 Å². The fraction of sp³-hybridized carbons (Fsp3) is 0.240. The molecular weight excluding hydrogens is 582 g/mol. The Bertz CT molecular complexity index is 1530. The summed E-state index contributed by atoms with van der Waals surface area (Å²) in [7, 11) is 1.24. The molecule has 4 aromatic rings. The molecule has 0 fully saturated rings. The number of hydrogen-bond donors (Lipinski definition) is 1. The van der Waals surface area contributed by atoms with E-state index >= 15 is 0 Å². The van der Waals surface area contributed by atoms with E-state index in [4.69, 9.17) is 27.9 Å². The summed E-state index contributed by atoms with van der Waals surface area (Å²) in [6, 6.07) is 8.14. The van der Waals surface area contributed by atoms with Crippen LogP contribution < -0.4 is 4.74 Å². The van der Waals surface area contributed by atoms with Gasteiger partial charge in [0, 0.05) is 16.4 Å². The average Bonchev–Trinajstić information content (AvgIpc) is 3.40. The second-order valence-corrected chi connectivity index (χ2v) is 12.0.